The van der Waals surface area contributed by atoms with Crippen molar-refractivity contribution in [3.8, 4) is 0 Å². The lowest BCUT2D eigenvalue weighted by molar-refractivity contribution is -0.120. The number of nitrogens with zero attached hydrogens (tertiary/aromatic N) is 1. The lowest BCUT2D eigenvalue weighted by Crippen LogP contribution is -2.40. The maximum atomic E-state index is 11.3. The molecule has 1 aromatic carbocycles. The first kappa shape index (κ1) is 16.0. The summed E-state index contributed by atoms with van der Waals surface area (Å²) in [7, 11) is 0. The molecule has 0 saturated heterocycles. The fourth-order valence-corrected chi connectivity index (χ4v) is 2.39. The molecule has 0 spiro atoms. The molecule has 0 heterocycles. The van der Waals surface area contributed by atoms with Crippen LogP contribution in [0.5, 0.6) is 0 Å². The van der Waals surface area contributed by atoms with Crippen LogP contribution < -0.4 is 11.1 Å². The Balaban J connectivity index is 2.92. The Kier molecular flexibility index (Phi) is 6.84. The van der Waals surface area contributed by atoms with E-state index in [-0.39, 0.29) is 18.5 Å². The monoisotopic (exact) mass is 283 g/mol. The second-order valence-electron chi connectivity index (χ2n) is 4.27. The largest absolute Gasteiger partial charge is 0.353 e. The number of carbonyl (C=O) groups is 1. The quantitative estimate of drug-likeness (QED) is 0.802. The lowest BCUT2D eigenvalue weighted by atomic mass is 10.0. The first-order valence-corrected chi connectivity index (χ1v) is 6.97. The van der Waals surface area contributed by atoms with Crippen LogP contribution in [0.3, 0.4) is 0 Å². The van der Waals surface area contributed by atoms with Crippen molar-refractivity contribution in [1.29, 1.82) is 0 Å². The Bertz CT molecular complexity index is 407. The minimum Gasteiger partial charge on any atom is -0.353 e. The summed E-state index contributed by atoms with van der Waals surface area (Å²) in [6.07, 6.45) is 0. The van der Waals surface area contributed by atoms with Crippen LogP contribution in [-0.2, 0) is 4.79 Å². The lowest BCUT2D eigenvalue weighted by Gasteiger charge is -2.30. The number of nitrogens with two attached hydrogens (primary N) is 1. The van der Waals surface area contributed by atoms with Gasteiger partial charge in [0.25, 0.3) is 0 Å². The standard InChI is InChI=1S/C14H22ClN3O/c1-3-18(4-2)13(10-17-14(19)9-16)11-7-5-6-8-12(11)15/h5-8,13H,3-4,9-10,16H2,1-2H3,(H,17,19). The van der Waals surface area contributed by atoms with Gasteiger partial charge in [0, 0.05) is 11.6 Å². The highest BCUT2D eigenvalue weighted by Gasteiger charge is 2.20. The first-order valence-electron chi connectivity index (χ1n) is 6.59. The van der Waals surface area contributed by atoms with Gasteiger partial charge in [-0.05, 0) is 24.7 Å². The molecule has 0 aliphatic heterocycles. The fourth-order valence-electron chi connectivity index (χ4n) is 2.13. The number of hydrogen-bond donors (Lipinski definition) is 2. The van der Waals surface area contributed by atoms with Crippen LogP contribution in [0.25, 0.3) is 0 Å². The van der Waals surface area contributed by atoms with E-state index in [0.29, 0.717) is 6.54 Å². The molecule has 0 radical (unpaired) electrons. The van der Waals surface area contributed by atoms with Crippen molar-refractivity contribution >= 4 is 17.5 Å². The number of likely N-dealkylation sites (N-methyl/N-ethyl adjacent to an activating group) is 1. The summed E-state index contributed by atoms with van der Waals surface area (Å²) in [6.45, 7) is 6.50. The van der Waals surface area contributed by atoms with Gasteiger partial charge in [-0.1, -0.05) is 43.6 Å². The zero-order valence-corrected chi connectivity index (χ0v) is 12.3. The summed E-state index contributed by atoms with van der Waals surface area (Å²) in [6, 6.07) is 7.81. The molecular weight excluding hydrogens is 262 g/mol. The second kappa shape index (κ2) is 8.15. The minimum absolute atomic E-state index is 0.00743. The van der Waals surface area contributed by atoms with Gasteiger partial charge in [0.2, 0.25) is 5.91 Å². The predicted octanol–water partition coefficient (Wildman–Crippen LogP) is 1.80. The van der Waals surface area contributed by atoms with E-state index in [9.17, 15) is 4.79 Å². The van der Waals surface area contributed by atoms with Gasteiger partial charge in [-0.3, -0.25) is 9.69 Å². The molecule has 1 amide bonds. The summed E-state index contributed by atoms with van der Waals surface area (Å²) in [5, 5.41) is 3.57. The summed E-state index contributed by atoms with van der Waals surface area (Å²) in [5.41, 5.74) is 6.35. The maximum Gasteiger partial charge on any atom is 0.233 e. The predicted molar refractivity (Wildman–Crippen MR) is 79.2 cm³/mol. The van der Waals surface area contributed by atoms with E-state index in [2.05, 4.69) is 24.1 Å². The SMILES string of the molecule is CCN(CC)C(CNC(=O)CN)c1ccccc1Cl. The minimum atomic E-state index is -0.149. The Morgan fingerprint density at radius 3 is 2.53 bits per heavy atom. The van der Waals surface area contributed by atoms with E-state index in [4.69, 9.17) is 17.3 Å². The van der Waals surface area contributed by atoms with Crippen LogP contribution in [0.1, 0.15) is 25.5 Å². The summed E-state index contributed by atoms with van der Waals surface area (Å²) < 4.78 is 0. The molecule has 0 aliphatic carbocycles. The smallest absolute Gasteiger partial charge is 0.233 e. The van der Waals surface area contributed by atoms with E-state index >= 15 is 0 Å². The van der Waals surface area contributed by atoms with Crippen molar-refractivity contribution in [2.24, 2.45) is 5.73 Å². The molecule has 1 unspecified atom stereocenters. The Hall–Kier alpha value is -1.10. The topological polar surface area (TPSA) is 58.4 Å². The van der Waals surface area contributed by atoms with Gasteiger partial charge < -0.3 is 11.1 Å². The number of halogens is 1. The van der Waals surface area contributed by atoms with Gasteiger partial charge in [-0.15, -0.1) is 0 Å². The second-order valence-corrected chi connectivity index (χ2v) is 4.67. The van der Waals surface area contributed by atoms with Crippen molar-refractivity contribution < 1.29 is 4.79 Å². The number of nitrogens with one attached hydrogen (secondary N) is 1. The van der Waals surface area contributed by atoms with Crippen molar-refractivity contribution in [2.75, 3.05) is 26.2 Å². The van der Waals surface area contributed by atoms with Crippen LogP contribution in [0.2, 0.25) is 5.02 Å². The molecule has 1 atom stereocenters. The number of amides is 1. The zero-order valence-electron chi connectivity index (χ0n) is 11.5. The highest BCUT2D eigenvalue weighted by Crippen LogP contribution is 2.26. The summed E-state index contributed by atoms with van der Waals surface area (Å²) in [5.74, 6) is -0.149. The van der Waals surface area contributed by atoms with Crippen molar-refractivity contribution in [3.05, 3.63) is 34.9 Å². The third-order valence-electron chi connectivity index (χ3n) is 3.20. The van der Waals surface area contributed by atoms with Gasteiger partial charge in [0.05, 0.1) is 12.6 Å². The average Bonchev–Trinajstić information content (AvgIpc) is 2.44. The van der Waals surface area contributed by atoms with Gasteiger partial charge >= 0.3 is 0 Å². The summed E-state index contributed by atoms with van der Waals surface area (Å²) in [4.78, 5) is 13.6. The molecule has 106 valence electrons. The average molecular weight is 284 g/mol. The number of carbonyl (C=O) groups excluding carboxylic acids is 1. The highest BCUT2D eigenvalue weighted by atomic mass is 35.5. The van der Waals surface area contributed by atoms with Crippen molar-refractivity contribution in [3.63, 3.8) is 0 Å². The molecule has 0 fully saturated rings. The van der Waals surface area contributed by atoms with Gasteiger partial charge in [-0.25, -0.2) is 0 Å². The van der Waals surface area contributed by atoms with E-state index in [1.165, 1.54) is 0 Å². The van der Waals surface area contributed by atoms with Crippen LogP contribution in [0, 0.1) is 0 Å². The Labute approximate surface area is 119 Å². The molecule has 0 saturated carbocycles. The van der Waals surface area contributed by atoms with E-state index in [1.54, 1.807) is 0 Å². The summed E-state index contributed by atoms with van der Waals surface area (Å²) >= 11 is 6.26. The van der Waals surface area contributed by atoms with Crippen molar-refractivity contribution in [2.45, 2.75) is 19.9 Å². The Morgan fingerprint density at radius 2 is 2.00 bits per heavy atom. The zero-order chi connectivity index (χ0) is 14.3. The van der Waals surface area contributed by atoms with Crippen molar-refractivity contribution in [1.82, 2.24) is 10.2 Å². The Morgan fingerprint density at radius 1 is 1.37 bits per heavy atom. The molecule has 19 heavy (non-hydrogen) atoms. The fraction of sp³-hybridized carbons (Fsp3) is 0.500. The molecule has 0 aliphatic rings. The number of benzene rings is 1. The number of rotatable bonds is 7. The van der Waals surface area contributed by atoms with E-state index in [1.807, 2.05) is 24.3 Å². The van der Waals surface area contributed by atoms with E-state index in [0.717, 1.165) is 23.7 Å². The molecular formula is C14H22ClN3O. The third-order valence-corrected chi connectivity index (χ3v) is 3.54. The van der Waals surface area contributed by atoms with Crippen LogP contribution in [-0.4, -0.2) is 37.0 Å². The molecule has 1 aromatic rings. The normalized spacial score (nSPS) is 12.5. The molecule has 5 heteroatoms. The van der Waals surface area contributed by atoms with Crippen LogP contribution in [0.4, 0.5) is 0 Å². The first-order chi connectivity index (χ1) is 9.13. The molecule has 0 aromatic heterocycles. The van der Waals surface area contributed by atoms with Gasteiger partial charge in [0.1, 0.15) is 0 Å². The number of hydrogen-bond acceptors (Lipinski definition) is 3. The maximum absolute atomic E-state index is 11.3. The third kappa shape index (κ3) is 4.49. The highest BCUT2D eigenvalue weighted by molar-refractivity contribution is 6.31. The van der Waals surface area contributed by atoms with Gasteiger partial charge in [0.15, 0.2) is 0 Å². The van der Waals surface area contributed by atoms with Gasteiger partial charge in [-0.2, -0.15) is 0 Å². The van der Waals surface area contributed by atoms with E-state index < -0.39 is 0 Å². The molecule has 0 bridgehead atoms. The molecule has 1 rings (SSSR count). The molecule has 3 N–H and O–H groups in total. The van der Waals surface area contributed by atoms with Crippen LogP contribution >= 0.6 is 11.6 Å². The molecule has 4 nitrogen and oxygen atoms in total. The van der Waals surface area contributed by atoms with Crippen LogP contribution in [0.15, 0.2) is 24.3 Å².